The summed E-state index contributed by atoms with van der Waals surface area (Å²) in [4.78, 5) is 0. The van der Waals surface area contributed by atoms with E-state index in [0.717, 1.165) is 6.32 Å². The van der Waals surface area contributed by atoms with Crippen molar-refractivity contribution in [3.05, 3.63) is 0 Å². The Kier molecular flexibility index (Phi) is 3.53. The van der Waals surface area contributed by atoms with Crippen LogP contribution < -0.4 is 0 Å². The van der Waals surface area contributed by atoms with Gasteiger partial charge in [-0.05, 0) is 0 Å². The number of hydrogen-bond acceptors (Lipinski definition) is 2. The SMILES string of the molecule is CCB=[S-](C)=O. The van der Waals surface area contributed by atoms with Crippen molar-refractivity contribution in [3.63, 3.8) is 0 Å². The third-order valence-electron chi connectivity index (χ3n) is 0.401. The van der Waals surface area contributed by atoms with Gasteiger partial charge in [-0.15, -0.1) is 0 Å². The fourth-order valence-electron chi connectivity index (χ4n) is 0.235. The van der Waals surface area contributed by atoms with Crippen molar-refractivity contribution in [2.75, 3.05) is 6.26 Å². The second kappa shape index (κ2) is 3.41. The zero-order valence-electron chi connectivity index (χ0n) is 4.10. The molecule has 0 rings (SSSR count). The van der Waals surface area contributed by atoms with Gasteiger partial charge in [-0.25, -0.2) is 0 Å². The van der Waals surface area contributed by atoms with Crippen molar-refractivity contribution in [2.45, 2.75) is 13.2 Å². The first-order chi connectivity index (χ1) is 2.77. The molecule has 0 saturated heterocycles. The van der Waals surface area contributed by atoms with E-state index in [1.807, 2.05) is 6.92 Å². The molecule has 0 heterocycles. The summed E-state index contributed by atoms with van der Waals surface area (Å²) in [7, 11) is -0.691. The standard InChI is InChI=1S/C3H8BOS/c1-3-4-6(2)5/h3H2,1-2H3/q-1. The van der Waals surface area contributed by atoms with Crippen LogP contribution in [-0.4, -0.2) is 12.4 Å². The van der Waals surface area contributed by atoms with Gasteiger partial charge in [0.15, 0.2) is 0 Å². The van der Waals surface area contributed by atoms with Crippen molar-refractivity contribution in [3.8, 4) is 0 Å². The molecule has 1 nitrogen and oxygen atoms in total. The Balaban J connectivity index is 3.43. The van der Waals surface area contributed by atoms with E-state index in [0.29, 0.717) is 0 Å². The summed E-state index contributed by atoms with van der Waals surface area (Å²) in [6, 6.07) is 0. The number of hydrogen-bond donors (Lipinski definition) is 0. The third-order valence-corrected chi connectivity index (χ3v) is 1.20. The van der Waals surface area contributed by atoms with Gasteiger partial charge in [0.2, 0.25) is 0 Å². The summed E-state index contributed by atoms with van der Waals surface area (Å²) in [6.45, 7) is 1.97. The predicted molar refractivity (Wildman–Crippen MR) is 30.2 cm³/mol. The molecule has 0 aliphatic carbocycles. The van der Waals surface area contributed by atoms with Crippen LogP contribution in [0.15, 0.2) is 0 Å². The van der Waals surface area contributed by atoms with Crippen molar-refractivity contribution >= 4 is 16.4 Å². The van der Waals surface area contributed by atoms with E-state index in [-0.39, 0.29) is 0 Å². The molecule has 0 amide bonds. The van der Waals surface area contributed by atoms with E-state index in [1.54, 1.807) is 12.4 Å². The molecule has 0 N–H and O–H groups in total. The van der Waals surface area contributed by atoms with Crippen LogP contribution in [0.1, 0.15) is 6.92 Å². The molecule has 0 aromatic heterocycles. The average Bonchev–Trinajstić information content (AvgIpc) is 1.35. The van der Waals surface area contributed by atoms with Crippen molar-refractivity contribution < 1.29 is 4.21 Å². The Morgan fingerprint density at radius 1 is 1.83 bits per heavy atom. The minimum absolute atomic E-state index is 0.691. The maximum absolute atomic E-state index is 10.1. The van der Waals surface area contributed by atoms with Gasteiger partial charge in [0, 0.05) is 0 Å². The minimum atomic E-state index is -0.691. The van der Waals surface area contributed by atoms with E-state index in [2.05, 4.69) is 0 Å². The van der Waals surface area contributed by atoms with Crippen LogP contribution in [0.3, 0.4) is 0 Å². The molecular formula is C3H8BOS-. The monoisotopic (exact) mass is 103 g/mol. The zero-order chi connectivity index (χ0) is 4.99. The van der Waals surface area contributed by atoms with Gasteiger partial charge in [0.05, 0.1) is 0 Å². The summed E-state index contributed by atoms with van der Waals surface area (Å²) in [5.41, 5.74) is 0. The molecule has 0 aromatic carbocycles. The summed E-state index contributed by atoms with van der Waals surface area (Å²) in [6.07, 6.45) is 4.34. The van der Waals surface area contributed by atoms with Gasteiger partial charge < -0.3 is 0 Å². The third kappa shape index (κ3) is 4.21. The van der Waals surface area contributed by atoms with Gasteiger partial charge in [-0.3, -0.25) is 0 Å². The Bertz CT molecular complexity index is 93.0. The van der Waals surface area contributed by atoms with Crippen LogP contribution in [0.2, 0.25) is 6.32 Å². The quantitative estimate of drug-likeness (QED) is 0.351. The topological polar surface area (TPSA) is 17.1 Å². The molecule has 0 fully saturated rings. The Labute approximate surface area is 40.9 Å². The molecule has 0 aliphatic rings. The van der Waals surface area contributed by atoms with Gasteiger partial charge >= 0.3 is 40.1 Å². The average molecular weight is 103 g/mol. The zero-order valence-corrected chi connectivity index (χ0v) is 4.92. The van der Waals surface area contributed by atoms with E-state index in [9.17, 15) is 4.21 Å². The molecule has 36 valence electrons. The van der Waals surface area contributed by atoms with E-state index < -0.39 is 10.2 Å². The summed E-state index contributed by atoms with van der Waals surface area (Å²) in [5, 5.41) is 0. The second-order valence-electron chi connectivity index (χ2n) is 1.07. The van der Waals surface area contributed by atoms with Gasteiger partial charge in [-0.1, -0.05) is 0 Å². The summed E-state index contributed by atoms with van der Waals surface area (Å²) >= 11 is 0. The molecule has 0 saturated carbocycles. The Morgan fingerprint density at radius 3 is 2.33 bits per heavy atom. The number of rotatable bonds is 1. The van der Waals surface area contributed by atoms with Crippen LogP contribution in [0, 0.1) is 0 Å². The van der Waals surface area contributed by atoms with Crippen molar-refractivity contribution in [1.29, 1.82) is 0 Å². The Morgan fingerprint density at radius 2 is 2.33 bits per heavy atom. The van der Waals surface area contributed by atoms with E-state index >= 15 is 0 Å². The first-order valence-electron chi connectivity index (χ1n) is 1.93. The van der Waals surface area contributed by atoms with E-state index in [4.69, 9.17) is 0 Å². The van der Waals surface area contributed by atoms with Crippen LogP contribution in [0.4, 0.5) is 0 Å². The Hall–Kier alpha value is 0.215. The van der Waals surface area contributed by atoms with Crippen LogP contribution in [0.25, 0.3) is 0 Å². The van der Waals surface area contributed by atoms with Crippen LogP contribution in [-0.2, 0) is 14.4 Å². The molecule has 3 heteroatoms. The summed E-state index contributed by atoms with van der Waals surface area (Å²) < 4.78 is 10.1. The molecule has 0 radical (unpaired) electrons. The second-order valence-corrected chi connectivity index (χ2v) is 2.40. The molecule has 0 aromatic rings. The fourth-order valence-corrected chi connectivity index (χ4v) is 0.704. The molecule has 6 heavy (non-hydrogen) atoms. The fraction of sp³-hybridized carbons (Fsp3) is 1.00. The van der Waals surface area contributed by atoms with E-state index in [1.165, 1.54) is 0 Å². The van der Waals surface area contributed by atoms with Crippen molar-refractivity contribution in [2.24, 2.45) is 0 Å². The molecule has 0 atom stereocenters. The molecular weight excluding hydrogens is 94.9 g/mol. The van der Waals surface area contributed by atoms with Gasteiger partial charge in [0.25, 0.3) is 0 Å². The molecule has 0 bridgehead atoms. The first-order valence-corrected chi connectivity index (χ1v) is 3.55. The predicted octanol–water partition coefficient (Wildman–Crippen LogP) is 0.637. The van der Waals surface area contributed by atoms with Crippen LogP contribution in [0.5, 0.6) is 0 Å². The molecule has 0 spiro atoms. The first kappa shape index (κ1) is 6.21. The van der Waals surface area contributed by atoms with Crippen molar-refractivity contribution in [1.82, 2.24) is 0 Å². The molecule has 0 unspecified atom stereocenters. The maximum atomic E-state index is 10.1. The van der Waals surface area contributed by atoms with Gasteiger partial charge in [0.1, 0.15) is 0 Å². The molecule has 0 aliphatic heterocycles. The normalized spacial score (nSPS) is 13.7. The van der Waals surface area contributed by atoms with Crippen LogP contribution >= 0.6 is 0 Å². The van der Waals surface area contributed by atoms with Gasteiger partial charge in [-0.2, -0.15) is 0 Å². The summed E-state index contributed by atoms with van der Waals surface area (Å²) in [5.74, 6) is 0.